The molecule has 0 heterocycles. The Hall–Kier alpha value is -2.61. The van der Waals surface area contributed by atoms with Gasteiger partial charge in [-0.1, -0.05) is 196 Å². The van der Waals surface area contributed by atoms with Crippen LogP contribution in [0.25, 0.3) is 0 Å². The van der Waals surface area contributed by atoms with Crippen LogP contribution in [0.5, 0.6) is 0 Å². The molecule has 58 heavy (non-hydrogen) atoms. The summed E-state index contributed by atoms with van der Waals surface area (Å²) < 4.78 is 0. The van der Waals surface area contributed by atoms with E-state index in [1.54, 1.807) is 0 Å². The van der Waals surface area contributed by atoms with Crippen LogP contribution in [0.2, 0.25) is 0 Å². The third kappa shape index (κ3) is 74.4. The van der Waals surface area contributed by atoms with Crippen molar-refractivity contribution in [2.24, 2.45) is 29.3 Å². The van der Waals surface area contributed by atoms with Crippen LogP contribution in [0, 0.1) is 5.92 Å². The zero-order valence-electron chi connectivity index (χ0n) is 38.8. The lowest BCUT2D eigenvalue weighted by Gasteiger charge is -2.00. The van der Waals surface area contributed by atoms with Crippen LogP contribution in [0.1, 0.15) is 253 Å². The van der Waals surface area contributed by atoms with Gasteiger partial charge in [-0.05, 0) is 31.6 Å². The highest BCUT2D eigenvalue weighted by Gasteiger charge is 2.00. The molecule has 0 aromatic heterocycles. The van der Waals surface area contributed by atoms with Crippen LogP contribution in [0.15, 0.2) is 0 Å². The van der Waals surface area contributed by atoms with E-state index in [2.05, 4.69) is 49.4 Å². The monoisotopic (exact) mass is 831 g/mol. The smallest absolute Gasteiger partial charge is 0.233 e. The minimum atomic E-state index is -0.0476. The molecule has 0 aromatic rings. The van der Waals surface area contributed by atoms with Crippen molar-refractivity contribution in [2.75, 3.05) is 0 Å². The topological polar surface area (TPSA) is 238 Å². The molecule has 0 aliphatic carbocycles. The van der Waals surface area contributed by atoms with Gasteiger partial charge in [0.2, 0.25) is 23.6 Å². The quantitative estimate of drug-likeness (QED) is 0.0101. The second-order valence-electron chi connectivity index (χ2n) is 15.6. The Bertz CT molecular complexity index is 730. The van der Waals surface area contributed by atoms with Gasteiger partial charge in [0.05, 0.1) is 0 Å². The van der Waals surface area contributed by atoms with Gasteiger partial charge < -0.3 is 4.79 Å². The molecule has 0 spiro atoms. The van der Waals surface area contributed by atoms with Crippen molar-refractivity contribution in [2.45, 2.75) is 253 Å². The van der Waals surface area contributed by atoms with Crippen LogP contribution in [0.3, 0.4) is 0 Å². The number of rotatable bonds is 34. The molecule has 0 radical (unpaired) electrons. The molecule has 0 aliphatic heterocycles. The molecule has 0 unspecified atom stereocenters. The average molecular weight is 831 g/mol. The molecule has 4 amide bonds. The first-order valence-corrected chi connectivity index (χ1v) is 23.4. The number of unbranched alkanes of at least 4 members (excludes halogenated alkanes) is 24. The third-order valence-corrected chi connectivity index (χ3v) is 9.24. The van der Waals surface area contributed by atoms with Gasteiger partial charge in [-0.3, -0.25) is 40.9 Å². The maximum Gasteiger partial charge on any atom is 0.233 e. The van der Waals surface area contributed by atoms with Crippen LogP contribution in [0.4, 0.5) is 0 Å². The molecule has 0 bridgehead atoms. The molecule has 0 aliphatic rings. The molecule has 0 fully saturated rings. The Labute approximate surface area is 357 Å². The number of amides is 4. The molecule has 0 rings (SSSR count). The summed E-state index contributed by atoms with van der Waals surface area (Å²) in [5.74, 6) is 20.2. The highest BCUT2D eigenvalue weighted by molar-refractivity contribution is 5.76. The molecule has 0 atom stereocenters. The van der Waals surface area contributed by atoms with E-state index < -0.39 is 0 Å². The molecule has 13 nitrogen and oxygen atoms in total. The molecular formula is C45H98N8O5. The van der Waals surface area contributed by atoms with Crippen molar-refractivity contribution in [3.63, 3.8) is 0 Å². The number of nitrogens with two attached hydrogens (primary N) is 4. The lowest BCUT2D eigenvalue weighted by Crippen LogP contribution is -2.29. The Morgan fingerprint density at radius 2 is 0.534 bits per heavy atom. The fourth-order valence-corrected chi connectivity index (χ4v) is 5.45. The molecule has 13 heteroatoms. The van der Waals surface area contributed by atoms with E-state index in [4.69, 9.17) is 23.4 Å². The second-order valence-corrected chi connectivity index (χ2v) is 15.6. The average Bonchev–Trinajstić information content (AvgIpc) is 3.22. The van der Waals surface area contributed by atoms with Crippen LogP contribution >= 0.6 is 0 Å². The summed E-state index contributed by atoms with van der Waals surface area (Å²) in [7, 11) is 0. The fourth-order valence-electron chi connectivity index (χ4n) is 5.45. The lowest BCUT2D eigenvalue weighted by atomic mass is 10.1. The molecule has 0 saturated carbocycles. The Morgan fingerprint density at radius 3 is 0.655 bits per heavy atom. The first-order chi connectivity index (χ1) is 28.0. The Kier molecular flexibility index (Phi) is 67.9. The lowest BCUT2D eigenvalue weighted by molar-refractivity contribution is -0.122. The van der Waals surface area contributed by atoms with E-state index in [0.717, 1.165) is 57.7 Å². The number of hydrogen-bond acceptors (Lipinski definition) is 9. The number of hydrazine groups is 4. The summed E-state index contributed by atoms with van der Waals surface area (Å²) in [6.45, 7) is 12.9. The number of aldehydes is 1. The molecule has 0 aromatic carbocycles. The molecule has 12 N–H and O–H groups in total. The highest BCUT2D eigenvalue weighted by atomic mass is 16.2. The Morgan fingerprint density at radius 1 is 0.362 bits per heavy atom. The van der Waals surface area contributed by atoms with Crippen molar-refractivity contribution >= 4 is 29.9 Å². The maximum atomic E-state index is 10.7. The van der Waals surface area contributed by atoms with E-state index in [1.807, 2.05) is 13.8 Å². The predicted octanol–water partition coefficient (Wildman–Crippen LogP) is 9.70. The van der Waals surface area contributed by atoms with Gasteiger partial charge in [-0.25, -0.2) is 23.4 Å². The Balaban J connectivity index is -0.000000205. The van der Waals surface area contributed by atoms with Crippen molar-refractivity contribution in [1.29, 1.82) is 0 Å². The fraction of sp³-hybridized carbons (Fsp3) is 0.889. The van der Waals surface area contributed by atoms with Crippen LogP contribution in [-0.4, -0.2) is 29.9 Å². The van der Waals surface area contributed by atoms with Crippen molar-refractivity contribution in [3.8, 4) is 0 Å². The van der Waals surface area contributed by atoms with Crippen molar-refractivity contribution in [3.05, 3.63) is 0 Å². The molecule has 348 valence electrons. The molecular weight excluding hydrogens is 733 g/mol. The maximum absolute atomic E-state index is 10.7. The summed E-state index contributed by atoms with van der Waals surface area (Å²) in [6, 6.07) is 0. The zero-order chi connectivity index (χ0) is 44.8. The van der Waals surface area contributed by atoms with Crippen molar-refractivity contribution < 1.29 is 24.0 Å². The van der Waals surface area contributed by atoms with Gasteiger partial charge in [0, 0.05) is 32.1 Å². The van der Waals surface area contributed by atoms with E-state index in [1.165, 1.54) is 128 Å². The van der Waals surface area contributed by atoms with Gasteiger partial charge in [0.15, 0.2) is 0 Å². The van der Waals surface area contributed by atoms with Gasteiger partial charge in [-0.2, -0.15) is 0 Å². The van der Waals surface area contributed by atoms with Gasteiger partial charge in [-0.15, -0.1) is 0 Å². The first kappa shape index (κ1) is 64.5. The number of carbonyl (C=O) groups is 5. The zero-order valence-corrected chi connectivity index (χ0v) is 38.8. The van der Waals surface area contributed by atoms with E-state index in [-0.39, 0.29) is 23.6 Å². The van der Waals surface area contributed by atoms with Crippen molar-refractivity contribution in [1.82, 2.24) is 21.7 Å². The van der Waals surface area contributed by atoms with Gasteiger partial charge in [0.1, 0.15) is 6.29 Å². The largest absolute Gasteiger partial charge is 0.303 e. The second kappa shape index (κ2) is 61.1. The highest BCUT2D eigenvalue weighted by Crippen LogP contribution is 2.10. The minimum absolute atomic E-state index is 0.0476. The van der Waals surface area contributed by atoms with Crippen LogP contribution in [-0.2, 0) is 24.0 Å². The summed E-state index contributed by atoms with van der Waals surface area (Å²) in [6.07, 6.45) is 38.4. The molecule has 0 saturated heterocycles. The predicted molar refractivity (Wildman–Crippen MR) is 245 cm³/mol. The third-order valence-electron chi connectivity index (χ3n) is 9.24. The van der Waals surface area contributed by atoms with Gasteiger partial charge >= 0.3 is 0 Å². The van der Waals surface area contributed by atoms with Gasteiger partial charge in [0.25, 0.3) is 0 Å². The van der Waals surface area contributed by atoms with E-state index in [9.17, 15) is 24.0 Å². The summed E-state index contributed by atoms with van der Waals surface area (Å²) >= 11 is 0. The van der Waals surface area contributed by atoms with E-state index >= 15 is 0 Å². The van der Waals surface area contributed by atoms with Crippen LogP contribution < -0.4 is 45.1 Å². The summed E-state index contributed by atoms with van der Waals surface area (Å²) in [5.41, 5.74) is 8.55. The standard InChI is InChI=1S/4C10H22N2O.C5H10O/c4*1-2-3-4-5-6-7-8-9-10(13)12-11;1-5(2)3-4-6/h4*2-9,11H2,1H3,(H,12,13);4-5H,3H2,1-2H3. The number of carbonyl (C=O) groups excluding carboxylic acids is 5. The SMILES string of the molecule is CC(C)CC=O.CCCCCCCCCC(=O)NN.CCCCCCCCCC(=O)NN.CCCCCCCCCC(=O)NN.CCCCCCCCCC(=O)NN. The van der Waals surface area contributed by atoms with E-state index in [0.29, 0.717) is 38.0 Å². The minimum Gasteiger partial charge on any atom is -0.303 e. The summed E-state index contributed by atoms with van der Waals surface area (Å²) in [5, 5.41) is 0. The summed E-state index contributed by atoms with van der Waals surface area (Å²) in [4.78, 5) is 52.5. The number of hydrogen-bond donors (Lipinski definition) is 8. The first-order valence-electron chi connectivity index (χ1n) is 23.4. The normalized spacial score (nSPS) is 9.91. The number of nitrogens with one attached hydrogen (secondary N) is 4.